The van der Waals surface area contributed by atoms with Crippen LogP contribution < -0.4 is 16.4 Å². The van der Waals surface area contributed by atoms with Gasteiger partial charge in [0.25, 0.3) is 5.91 Å². The number of benzene rings is 2. The summed E-state index contributed by atoms with van der Waals surface area (Å²) < 4.78 is 0. The van der Waals surface area contributed by atoms with Crippen LogP contribution in [-0.4, -0.2) is 70.8 Å². The molecule has 0 aromatic heterocycles. The number of likely N-dealkylation sites (tertiary alicyclic amines) is 1. The van der Waals surface area contributed by atoms with Gasteiger partial charge in [0.05, 0.1) is 6.04 Å². The van der Waals surface area contributed by atoms with E-state index in [1.807, 2.05) is 48.5 Å². The minimum absolute atomic E-state index is 0.183. The van der Waals surface area contributed by atoms with Crippen molar-refractivity contribution >= 4 is 30.4 Å². The second kappa shape index (κ2) is 14.8. The van der Waals surface area contributed by atoms with Gasteiger partial charge in [-0.3, -0.25) is 9.59 Å². The Hall–Kier alpha value is -2.88. The van der Waals surface area contributed by atoms with Crippen LogP contribution in [0, 0.1) is 0 Å². The zero-order chi connectivity index (χ0) is 26.6. The Morgan fingerprint density at radius 3 is 2.38 bits per heavy atom. The lowest BCUT2D eigenvalue weighted by Gasteiger charge is -2.30. The number of hydrogen-bond acceptors (Lipinski definition) is 6. The highest BCUT2D eigenvalue weighted by Gasteiger charge is 2.37. The van der Waals surface area contributed by atoms with Gasteiger partial charge in [-0.25, -0.2) is 4.79 Å². The number of carbonyl (C=O) groups excluding carboxylic acids is 2. The number of carboxylic acids is 1. The molecule has 1 saturated heterocycles. The Balaban J connectivity index is 1.71. The van der Waals surface area contributed by atoms with E-state index in [1.165, 1.54) is 4.90 Å². The zero-order valence-electron chi connectivity index (χ0n) is 21.1. The molecule has 2 aromatic rings. The van der Waals surface area contributed by atoms with Crippen LogP contribution in [0.1, 0.15) is 48.0 Å². The van der Waals surface area contributed by atoms with E-state index in [0.717, 1.165) is 18.4 Å². The number of amides is 2. The summed E-state index contributed by atoms with van der Waals surface area (Å²) in [6.07, 6.45) is 3.81. The quantitative estimate of drug-likeness (QED) is 0.190. The van der Waals surface area contributed by atoms with E-state index >= 15 is 0 Å². The van der Waals surface area contributed by atoms with Gasteiger partial charge in [-0.05, 0) is 56.3 Å². The minimum Gasteiger partial charge on any atom is -0.480 e. The molecule has 0 spiro atoms. The summed E-state index contributed by atoms with van der Waals surface area (Å²) in [6, 6.07) is 17.3. The van der Waals surface area contributed by atoms with E-state index in [-0.39, 0.29) is 23.1 Å². The lowest BCUT2D eigenvalue weighted by atomic mass is 10.0. The first-order valence-electron chi connectivity index (χ1n) is 12.9. The van der Waals surface area contributed by atoms with Crippen LogP contribution in [-0.2, 0) is 16.0 Å². The van der Waals surface area contributed by atoms with Crippen molar-refractivity contribution < 1.29 is 19.5 Å². The minimum atomic E-state index is -0.967. The molecular weight excluding hydrogens is 488 g/mol. The number of nitrogens with two attached hydrogens (primary N) is 1. The van der Waals surface area contributed by atoms with Gasteiger partial charge in [-0.15, -0.1) is 0 Å². The lowest BCUT2D eigenvalue weighted by Crippen LogP contribution is -2.53. The average molecular weight is 527 g/mol. The van der Waals surface area contributed by atoms with Gasteiger partial charge in [0.1, 0.15) is 6.04 Å². The Morgan fingerprint density at radius 1 is 1.05 bits per heavy atom. The van der Waals surface area contributed by atoms with Crippen LogP contribution in [0.3, 0.4) is 0 Å². The van der Waals surface area contributed by atoms with Crippen LogP contribution in [0.25, 0.3) is 0 Å². The fourth-order valence-corrected chi connectivity index (χ4v) is 4.98. The Bertz CT molecular complexity index is 1010. The number of carboxylic acid groups (broad SMARTS) is 1. The fourth-order valence-electron chi connectivity index (χ4n) is 4.69. The van der Waals surface area contributed by atoms with Crippen molar-refractivity contribution in [1.82, 2.24) is 15.5 Å². The number of nitrogens with zero attached hydrogens (tertiary/aromatic N) is 1. The van der Waals surface area contributed by atoms with Crippen molar-refractivity contribution in [2.75, 3.05) is 19.6 Å². The van der Waals surface area contributed by atoms with E-state index < -0.39 is 18.1 Å². The molecule has 200 valence electrons. The predicted molar refractivity (Wildman–Crippen MR) is 148 cm³/mol. The summed E-state index contributed by atoms with van der Waals surface area (Å²) >= 11 is 4.84. The molecule has 0 radical (unpaired) electrons. The van der Waals surface area contributed by atoms with Crippen LogP contribution in [0.4, 0.5) is 0 Å². The van der Waals surface area contributed by atoms with Gasteiger partial charge in [-0.1, -0.05) is 55.0 Å². The maximum absolute atomic E-state index is 13.4. The summed E-state index contributed by atoms with van der Waals surface area (Å²) in [5.41, 5.74) is 7.29. The monoisotopic (exact) mass is 526 g/mol. The molecule has 1 unspecified atom stereocenters. The van der Waals surface area contributed by atoms with Gasteiger partial charge < -0.3 is 26.4 Å². The molecular formula is C28H38N4O4S. The van der Waals surface area contributed by atoms with Crippen molar-refractivity contribution in [2.24, 2.45) is 5.73 Å². The lowest BCUT2D eigenvalue weighted by molar-refractivity contribution is -0.149. The summed E-state index contributed by atoms with van der Waals surface area (Å²) in [6.45, 7) is 1.33. The summed E-state index contributed by atoms with van der Waals surface area (Å²) in [5.74, 6) is -1.35. The van der Waals surface area contributed by atoms with Crippen LogP contribution >= 0.6 is 12.6 Å². The first kappa shape index (κ1) is 28.7. The number of nitrogens with one attached hydrogen (secondary N) is 2. The number of carbonyl (C=O) groups is 3. The second-order valence-corrected chi connectivity index (χ2v) is 10.1. The largest absolute Gasteiger partial charge is 0.480 e. The summed E-state index contributed by atoms with van der Waals surface area (Å²) in [4.78, 5) is 39.5. The zero-order valence-corrected chi connectivity index (χ0v) is 22.0. The molecule has 0 saturated carbocycles. The van der Waals surface area contributed by atoms with Gasteiger partial charge >= 0.3 is 5.97 Å². The molecule has 9 heteroatoms. The SMILES string of the molecule is NCCCC[C@H](NCC(S)[C@H](Cc1ccccc1)NC(=O)c1ccccc1)C(=O)N1CCC[C@H]1C(=O)O. The van der Waals surface area contributed by atoms with Crippen molar-refractivity contribution in [3.8, 4) is 0 Å². The van der Waals surface area contributed by atoms with Crippen molar-refractivity contribution in [2.45, 2.75) is 61.9 Å². The average Bonchev–Trinajstić information content (AvgIpc) is 3.41. The molecule has 8 nitrogen and oxygen atoms in total. The van der Waals surface area contributed by atoms with Crippen LogP contribution in [0.15, 0.2) is 60.7 Å². The Kier molecular flexibility index (Phi) is 11.4. The third-order valence-electron chi connectivity index (χ3n) is 6.75. The van der Waals surface area contributed by atoms with Gasteiger partial charge in [0.15, 0.2) is 0 Å². The molecule has 1 aliphatic rings. The number of aliphatic carboxylic acids is 1. The van der Waals surface area contributed by atoms with E-state index in [0.29, 0.717) is 50.9 Å². The van der Waals surface area contributed by atoms with Crippen molar-refractivity contribution in [3.05, 3.63) is 71.8 Å². The highest BCUT2D eigenvalue weighted by atomic mass is 32.1. The second-order valence-electron chi connectivity index (χ2n) is 9.48. The first-order chi connectivity index (χ1) is 17.9. The smallest absolute Gasteiger partial charge is 0.326 e. The Morgan fingerprint density at radius 2 is 1.73 bits per heavy atom. The van der Waals surface area contributed by atoms with E-state index in [2.05, 4.69) is 10.6 Å². The molecule has 2 amide bonds. The number of rotatable bonds is 14. The predicted octanol–water partition coefficient (Wildman–Crippen LogP) is 2.49. The maximum Gasteiger partial charge on any atom is 0.326 e. The first-order valence-corrected chi connectivity index (χ1v) is 13.5. The normalized spacial score (nSPS) is 17.7. The van der Waals surface area contributed by atoms with Gasteiger partial charge in [0.2, 0.25) is 5.91 Å². The maximum atomic E-state index is 13.4. The van der Waals surface area contributed by atoms with E-state index in [1.54, 1.807) is 12.1 Å². The Labute approximate surface area is 224 Å². The highest BCUT2D eigenvalue weighted by Crippen LogP contribution is 2.20. The molecule has 4 atom stereocenters. The van der Waals surface area contributed by atoms with Crippen LogP contribution in [0.5, 0.6) is 0 Å². The third kappa shape index (κ3) is 8.59. The molecule has 5 N–H and O–H groups in total. The third-order valence-corrected chi connectivity index (χ3v) is 7.30. The topological polar surface area (TPSA) is 125 Å². The molecule has 0 aliphatic carbocycles. The number of thiol groups is 1. The molecule has 1 aliphatic heterocycles. The van der Waals surface area contributed by atoms with Gasteiger partial charge in [0, 0.05) is 29.9 Å². The molecule has 1 fully saturated rings. The van der Waals surface area contributed by atoms with Crippen molar-refractivity contribution in [3.63, 3.8) is 0 Å². The summed E-state index contributed by atoms with van der Waals surface area (Å²) in [5, 5.41) is 15.7. The molecule has 3 rings (SSSR count). The number of hydrogen-bond donors (Lipinski definition) is 5. The highest BCUT2D eigenvalue weighted by molar-refractivity contribution is 7.81. The van der Waals surface area contributed by atoms with E-state index in [9.17, 15) is 19.5 Å². The van der Waals surface area contributed by atoms with Gasteiger partial charge in [-0.2, -0.15) is 12.6 Å². The molecule has 0 bridgehead atoms. The van der Waals surface area contributed by atoms with E-state index in [4.69, 9.17) is 18.4 Å². The summed E-state index contributed by atoms with van der Waals surface area (Å²) in [7, 11) is 0. The van der Waals surface area contributed by atoms with Crippen molar-refractivity contribution in [1.29, 1.82) is 0 Å². The number of unbranched alkanes of at least 4 members (excludes halogenated alkanes) is 1. The standard InChI is InChI=1S/C28H38N4O4S/c29-16-8-7-14-22(27(34)32-17-9-15-24(32)28(35)36)30-19-25(37)23(18-20-10-3-1-4-11-20)31-26(33)21-12-5-2-6-13-21/h1-6,10-13,22-25,30,37H,7-9,14-19,29H2,(H,31,33)(H,35,36)/t22-,23-,24-,25?/m0/s1. The molecule has 2 aromatic carbocycles. The fraction of sp³-hybridized carbons (Fsp3) is 0.464. The van der Waals surface area contributed by atoms with Crippen LogP contribution in [0.2, 0.25) is 0 Å². The molecule has 37 heavy (non-hydrogen) atoms. The molecule has 1 heterocycles.